The van der Waals surface area contributed by atoms with Crippen LogP contribution in [0.25, 0.3) is 0 Å². The largest absolute Gasteiger partial charge is 0.448 e. The van der Waals surface area contributed by atoms with Gasteiger partial charge in [0.05, 0.1) is 11.9 Å². The van der Waals surface area contributed by atoms with Crippen LogP contribution in [0.5, 0.6) is 0 Å². The predicted molar refractivity (Wildman–Crippen MR) is 40.5 cm³/mol. The van der Waals surface area contributed by atoms with Crippen LogP contribution in [0.3, 0.4) is 0 Å². The lowest BCUT2D eigenvalue weighted by Gasteiger charge is -1.87. The van der Waals surface area contributed by atoms with Gasteiger partial charge in [0.2, 0.25) is 11.8 Å². The second kappa shape index (κ2) is 2.81. The zero-order valence-electron chi connectivity index (χ0n) is 6.65. The van der Waals surface area contributed by atoms with Crippen LogP contribution in [-0.4, -0.2) is 9.97 Å². The molecule has 0 saturated carbocycles. The van der Waals surface area contributed by atoms with E-state index >= 15 is 0 Å². The van der Waals surface area contributed by atoms with Gasteiger partial charge >= 0.3 is 0 Å². The van der Waals surface area contributed by atoms with Gasteiger partial charge in [-0.1, -0.05) is 0 Å². The number of hydrogen-bond acceptors (Lipinski definition) is 4. The van der Waals surface area contributed by atoms with Crippen LogP contribution in [0, 0.1) is 6.92 Å². The first-order chi connectivity index (χ1) is 5.84. The number of hydrogen-bond donors (Lipinski definition) is 0. The van der Waals surface area contributed by atoms with Gasteiger partial charge in [-0.25, -0.2) is 9.97 Å². The average Bonchev–Trinajstić information content (AvgIpc) is 2.63. The van der Waals surface area contributed by atoms with E-state index in [1.807, 2.05) is 6.92 Å². The lowest BCUT2D eigenvalue weighted by Crippen LogP contribution is -1.87. The first-order valence-corrected chi connectivity index (χ1v) is 3.64. The zero-order chi connectivity index (χ0) is 8.39. The predicted octanol–water partition coefficient (Wildman–Crippen LogP) is 1.56. The molecule has 0 bridgehead atoms. The van der Waals surface area contributed by atoms with Crippen molar-refractivity contribution in [1.29, 1.82) is 0 Å². The monoisotopic (exact) mass is 164 g/mol. The van der Waals surface area contributed by atoms with Crippen LogP contribution in [0.1, 0.15) is 17.5 Å². The summed E-state index contributed by atoms with van der Waals surface area (Å²) in [5.74, 6) is 1.26. The molecule has 2 aromatic heterocycles. The number of aryl methyl sites for hydroxylation is 1. The van der Waals surface area contributed by atoms with Crippen LogP contribution >= 0.6 is 0 Å². The molecule has 4 nitrogen and oxygen atoms in total. The summed E-state index contributed by atoms with van der Waals surface area (Å²) in [5, 5.41) is 0. The van der Waals surface area contributed by atoms with Crippen LogP contribution in [0.4, 0.5) is 0 Å². The molecule has 2 rings (SSSR count). The molecule has 0 radical (unpaired) electrons. The smallest absolute Gasteiger partial charge is 0.203 e. The third-order valence-electron chi connectivity index (χ3n) is 1.45. The van der Waals surface area contributed by atoms with Crippen molar-refractivity contribution in [2.24, 2.45) is 0 Å². The maximum absolute atomic E-state index is 5.13. The molecule has 0 aromatic carbocycles. The maximum atomic E-state index is 5.13. The van der Waals surface area contributed by atoms with Gasteiger partial charge < -0.3 is 8.83 Å². The molecule has 0 aliphatic heterocycles. The summed E-state index contributed by atoms with van der Waals surface area (Å²) >= 11 is 0. The fraction of sp³-hybridized carbons (Fsp3) is 0.250. The van der Waals surface area contributed by atoms with Gasteiger partial charge in [-0.05, 0) is 6.92 Å². The summed E-state index contributed by atoms with van der Waals surface area (Å²) in [6, 6.07) is 0. The average molecular weight is 164 g/mol. The van der Waals surface area contributed by atoms with Gasteiger partial charge in [0.1, 0.15) is 18.9 Å². The van der Waals surface area contributed by atoms with Crippen LogP contribution in [0.15, 0.2) is 27.6 Å². The Morgan fingerprint density at radius 1 is 1.33 bits per heavy atom. The van der Waals surface area contributed by atoms with Crippen molar-refractivity contribution in [3.05, 3.63) is 36.2 Å². The lowest BCUT2D eigenvalue weighted by molar-refractivity contribution is 0.455. The van der Waals surface area contributed by atoms with Crippen molar-refractivity contribution < 1.29 is 8.83 Å². The Kier molecular flexibility index (Phi) is 1.66. The number of nitrogens with zero attached hydrogens (tertiary/aromatic N) is 2. The molecule has 2 heterocycles. The molecule has 12 heavy (non-hydrogen) atoms. The second-order valence-corrected chi connectivity index (χ2v) is 2.49. The number of aromatic nitrogens is 2. The number of rotatable bonds is 2. The van der Waals surface area contributed by atoms with Crippen molar-refractivity contribution >= 4 is 0 Å². The molecule has 2 aromatic rings. The van der Waals surface area contributed by atoms with Crippen molar-refractivity contribution in [3.8, 4) is 0 Å². The third-order valence-corrected chi connectivity index (χ3v) is 1.45. The topological polar surface area (TPSA) is 52.1 Å². The second-order valence-electron chi connectivity index (χ2n) is 2.49. The summed E-state index contributed by atoms with van der Waals surface area (Å²) in [6.45, 7) is 1.88. The lowest BCUT2D eigenvalue weighted by atomic mass is 10.4. The highest BCUT2D eigenvalue weighted by molar-refractivity contribution is 4.98. The van der Waals surface area contributed by atoms with Gasteiger partial charge in [-0.2, -0.15) is 0 Å². The van der Waals surface area contributed by atoms with E-state index in [2.05, 4.69) is 9.97 Å². The van der Waals surface area contributed by atoms with E-state index in [4.69, 9.17) is 8.83 Å². The Hall–Kier alpha value is -1.58. The number of oxazole rings is 2. The molecule has 0 amide bonds. The van der Waals surface area contributed by atoms with Gasteiger partial charge in [-0.15, -0.1) is 0 Å². The van der Waals surface area contributed by atoms with Crippen LogP contribution < -0.4 is 0 Å². The van der Waals surface area contributed by atoms with E-state index in [1.54, 1.807) is 12.5 Å². The summed E-state index contributed by atoms with van der Waals surface area (Å²) in [7, 11) is 0. The molecule has 0 fully saturated rings. The van der Waals surface area contributed by atoms with Crippen LogP contribution in [-0.2, 0) is 6.42 Å². The summed E-state index contributed by atoms with van der Waals surface area (Å²) in [6.07, 6.45) is 5.26. The Labute approximate surface area is 69.2 Å². The molecule has 0 unspecified atom stereocenters. The summed E-state index contributed by atoms with van der Waals surface area (Å²) in [5.41, 5.74) is 0.872. The molecule has 0 spiro atoms. The highest BCUT2D eigenvalue weighted by Gasteiger charge is 2.04. The SMILES string of the molecule is Cc1coc(Cc2ncco2)n1. The minimum atomic E-state index is 0.515. The third kappa shape index (κ3) is 1.37. The Bertz CT molecular complexity index is 351. The van der Waals surface area contributed by atoms with Gasteiger partial charge in [-0.3, -0.25) is 0 Å². The molecule has 0 saturated heterocycles. The van der Waals surface area contributed by atoms with E-state index in [1.165, 1.54) is 6.26 Å². The molecule has 4 heteroatoms. The van der Waals surface area contributed by atoms with Gasteiger partial charge in [0.25, 0.3) is 0 Å². The normalized spacial score (nSPS) is 10.4. The minimum Gasteiger partial charge on any atom is -0.448 e. The van der Waals surface area contributed by atoms with E-state index in [9.17, 15) is 0 Å². The van der Waals surface area contributed by atoms with E-state index < -0.39 is 0 Å². The Morgan fingerprint density at radius 3 is 2.83 bits per heavy atom. The standard InChI is InChI=1S/C8H8N2O2/c1-6-5-12-8(10-6)4-7-9-2-3-11-7/h2-3,5H,4H2,1H3. The van der Waals surface area contributed by atoms with Crippen molar-refractivity contribution in [2.45, 2.75) is 13.3 Å². The molecule has 0 aliphatic carbocycles. The zero-order valence-corrected chi connectivity index (χ0v) is 6.65. The molecule has 62 valence electrons. The fourth-order valence-corrected chi connectivity index (χ4v) is 0.954. The minimum absolute atomic E-state index is 0.515. The highest BCUT2D eigenvalue weighted by atomic mass is 16.4. The first kappa shape index (κ1) is 7.09. The van der Waals surface area contributed by atoms with Crippen molar-refractivity contribution in [2.75, 3.05) is 0 Å². The van der Waals surface area contributed by atoms with Crippen LogP contribution in [0.2, 0.25) is 0 Å². The Morgan fingerprint density at radius 2 is 2.25 bits per heavy atom. The first-order valence-electron chi connectivity index (χ1n) is 3.64. The molecule has 0 aliphatic rings. The van der Waals surface area contributed by atoms with Crippen molar-refractivity contribution in [3.63, 3.8) is 0 Å². The molecular formula is C8H8N2O2. The molecular weight excluding hydrogens is 156 g/mol. The van der Waals surface area contributed by atoms with E-state index in [0.717, 1.165) is 5.69 Å². The quantitative estimate of drug-likeness (QED) is 0.675. The Balaban J connectivity index is 2.14. The van der Waals surface area contributed by atoms with Gasteiger partial charge in [0.15, 0.2) is 0 Å². The van der Waals surface area contributed by atoms with Gasteiger partial charge in [0, 0.05) is 0 Å². The maximum Gasteiger partial charge on any atom is 0.203 e. The summed E-state index contributed by atoms with van der Waals surface area (Å²) < 4.78 is 10.2. The van der Waals surface area contributed by atoms with Crippen molar-refractivity contribution in [1.82, 2.24) is 9.97 Å². The highest BCUT2D eigenvalue weighted by Crippen LogP contribution is 2.06. The molecule has 0 atom stereocenters. The van der Waals surface area contributed by atoms with E-state index in [0.29, 0.717) is 18.2 Å². The summed E-state index contributed by atoms with van der Waals surface area (Å²) in [4.78, 5) is 8.07. The van der Waals surface area contributed by atoms with E-state index in [-0.39, 0.29) is 0 Å². The fourth-order valence-electron chi connectivity index (χ4n) is 0.954. The molecule has 0 N–H and O–H groups in total.